The highest BCUT2D eigenvalue weighted by Gasteiger charge is 2.35. The average molecular weight is 284 g/mol. The molecule has 0 unspecified atom stereocenters. The summed E-state index contributed by atoms with van der Waals surface area (Å²) in [7, 11) is 0. The van der Waals surface area contributed by atoms with Gasteiger partial charge in [-0.1, -0.05) is 18.9 Å². The van der Waals surface area contributed by atoms with Gasteiger partial charge in [-0.3, -0.25) is 0 Å². The Balaban J connectivity index is 2.47. The van der Waals surface area contributed by atoms with Gasteiger partial charge in [0.15, 0.2) is 0 Å². The van der Waals surface area contributed by atoms with Crippen LogP contribution in [0, 0.1) is 5.82 Å². The molecule has 0 N–H and O–H groups in total. The van der Waals surface area contributed by atoms with Gasteiger partial charge in [0, 0.05) is 0 Å². The van der Waals surface area contributed by atoms with Crippen molar-refractivity contribution in [3.8, 4) is 0 Å². The predicted molar refractivity (Wildman–Crippen MR) is 62.4 cm³/mol. The van der Waals surface area contributed by atoms with E-state index in [1.165, 1.54) is 6.07 Å². The molecule has 0 atom stereocenters. The molecular weight excluding hydrogens is 273 g/mol. The van der Waals surface area contributed by atoms with Crippen LogP contribution in [-0.4, -0.2) is 6.08 Å². The van der Waals surface area contributed by atoms with Gasteiger partial charge in [0.25, 0.3) is 0 Å². The number of halogens is 2. The van der Waals surface area contributed by atoms with Crippen LogP contribution in [-0.2, 0) is 10.3 Å². The van der Waals surface area contributed by atoms with E-state index in [-0.39, 0.29) is 5.82 Å². The maximum atomic E-state index is 13.1. The molecule has 84 valence electrons. The standard InChI is InChI=1S/C12H11BrFNO/c13-10-7-9(3-4-11(10)14)12(15-8-16)5-1-2-6-12/h3-4,7H,1-2,5-6H2. The van der Waals surface area contributed by atoms with Crippen molar-refractivity contribution in [1.29, 1.82) is 0 Å². The largest absolute Gasteiger partial charge is 0.235 e. The van der Waals surface area contributed by atoms with Gasteiger partial charge in [-0.05, 0) is 46.5 Å². The lowest BCUT2D eigenvalue weighted by Crippen LogP contribution is -2.18. The second-order valence-electron chi connectivity index (χ2n) is 4.07. The lowest BCUT2D eigenvalue weighted by Gasteiger charge is -2.23. The van der Waals surface area contributed by atoms with Gasteiger partial charge < -0.3 is 0 Å². The molecule has 1 fully saturated rings. The summed E-state index contributed by atoms with van der Waals surface area (Å²) in [5, 5.41) is 0. The first-order valence-electron chi connectivity index (χ1n) is 5.22. The maximum absolute atomic E-state index is 13.1. The van der Waals surface area contributed by atoms with Gasteiger partial charge in [0.05, 0.1) is 10.0 Å². The predicted octanol–water partition coefficient (Wildman–Crippen LogP) is 3.69. The first kappa shape index (κ1) is 11.5. The van der Waals surface area contributed by atoms with Crippen LogP contribution in [0.3, 0.4) is 0 Å². The normalized spacial score (nSPS) is 18.1. The SMILES string of the molecule is O=C=NC1(c2ccc(F)c(Br)c2)CCCC1. The van der Waals surface area contributed by atoms with E-state index in [4.69, 9.17) is 0 Å². The van der Waals surface area contributed by atoms with Crippen molar-refractivity contribution in [3.63, 3.8) is 0 Å². The zero-order valence-electron chi connectivity index (χ0n) is 8.67. The minimum absolute atomic E-state index is 0.299. The average Bonchev–Trinajstić information content (AvgIpc) is 2.72. The van der Waals surface area contributed by atoms with E-state index in [9.17, 15) is 9.18 Å². The van der Waals surface area contributed by atoms with E-state index in [0.29, 0.717) is 4.47 Å². The van der Waals surface area contributed by atoms with Crippen LogP contribution in [0.4, 0.5) is 4.39 Å². The zero-order chi connectivity index (χ0) is 11.6. The van der Waals surface area contributed by atoms with Crippen LogP contribution in [0.2, 0.25) is 0 Å². The molecule has 2 rings (SSSR count). The van der Waals surface area contributed by atoms with Gasteiger partial charge in [-0.25, -0.2) is 9.18 Å². The van der Waals surface area contributed by atoms with Crippen molar-refractivity contribution in [3.05, 3.63) is 34.1 Å². The summed E-state index contributed by atoms with van der Waals surface area (Å²) >= 11 is 3.15. The quantitative estimate of drug-likeness (QED) is 0.601. The van der Waals surface area contributed by atoms with E-state index in [1.807, 2.05) is 0 Å². The lowest BCUT2D eigenvalue weighted by atomic mass is 9.89. The molecule has 1 saturated carbocycles. The van der Waals surface area contributed by atoms with Crippen LogP contribution in [0.1, 0.15) is 31.2 Å². The summed E-state index contributed by atoms with van der Waals surface area (Å²) in [6.45, 7) is 0. The Labute approximate surface area is 102 Å². The second kappa shape index (κ2) is 4.48. The maximum Gasteiger partial charge on any atom is 0.235 e. The van der Waals surface area contributed by atoms with Crippen molar-refractivity contribution in [2.24, 2.45) is 4.99 Å². The number of aliphatic imine (C=N–C) groups is 1. The Morgan fingerprint density at radius 2 is 2.06 bits per heavy atom. The number of benzene rings is 1. The van der Waals surface area contributed by atoms with Crippen LogP contribution < -0.4 is 0 Å². The van der Waals surface area contributed by atoms with E-state index < -0.39 is 5.54 Å². The number of isocyanates is 1. The number of nitrogens with zero attached hydrogens (tertiary/aromatic N) is 1. The third-order valence-corrected chi connectivity index (χ3v) is 3.76. The van der Waals surface area contributed by atoms with Crippen molar-refractivity contribution in [2.45, 2.75) is 31.2 Å². The first-order chi connectivity index (χ1) is 7.68. The van der Waals surface area contributed by atoms with Crippen molar-refractivity contribution >= 4 is 22.0 Å². The number of carbonyl (C=O) groups excluding carboxylic acids is 1. The Hall–Kier alpha value is -0.990. The van der Waals surface area contributed by atoms with Crippen molar-refractivity contribution < 1.29 is 9.18 Å². The topological polar surface area (TPSA) is 29.4 Å². The summed E-state index contributed by atoms with van der Waals surface area (Å²) in [6.07, 6.45) is 5.40. The Morgan fingerprint density at radius 1 is 1.38 bits per heavy atom. The first-order valence-corrected chi connectivity index (χ1v) is 6.02. The molecule has 1 aliphatic rings. The third-order valence-electron chi connectivity index (χ3n) is 3.15. The number of rotatable bonds is 2. The molecule has 16 heavy (non-hydrogen) atoms. The van der Waals surface area contributed by atoms with Gasteiger partial charge in [-0.15, -0.1) is 0 Å². The van der Waals surface area contributed by atoms with E-state index >= 15 is 0 Å². The summed E-state index contributed by atoms with van der Waals surface area (Å²) in [5.74, 6) is -0.299. The molecular formula is C12H11BrFNO. The number of hydrogen-bond acceptors (Lipinski definition) is 2. The second-order valence-corrected chi connectivity index (χ2v) is 4.93. The highest BCUT2D eigenvalue weighted by molar-refractivity contribution is 9.10. The van der Waals surface area contributed by atoms with E-state index in [1.54, 1.807) is 18.2 Å². The molecule has 0 heterocycles. The molecule has 0 spiro atoms. The van der Waals surface area contributed by atoms with Gasteiger partial charge in [-0.2, -0.15) is 4.99 Å². The molecule has 0 radical (unpaired) electrons. The highest BCUT2D eigenvalue weighted by Crippen LogP contribution is 2.42. The van der Waals surface area contributed by atoms with Crippen molar-refractivity contribution in [2.75, 3.05) is 0 Å². The van der Waals surface area contributed by atoms with Crippen LogP contribution in [0.5, 0.6) is 0 Å². The van der Waals surface area contributed by atoms with Crippen LogP contribution in [0.15, 0.2) is 27.7 Å². The third kappa shape index (κ3) is 1.95. The van der Waals surface area contributed by atoms with Crippen LogP contribution >= 0.6 is 15.9 Å². The molecule has 0 saturated heterocycles. The van der Waals surface area contributed by atoms with Gasteiger partial charge in [0.1, 0.15) is 5.82 Å². The molecule has 4 heteroatoms. The molecule has 1 aromatic rings. The minimum atomic E-state index is -0.474. The molecule has 0 aromatic heterocycles. The molecule has 1 aliphatic carbocycles. The minimum Gasteiger partial charge on any atom is -0.211 e. The van der Waals surface area contributed by atoms with Gasteiger partial charge >= 0.3 is 0 Å². The highest BCUT2D eigenvalue weighted by atomic mass is 79.9. The molecule has 1 aromatic carbocycles. The lowest BCUT2D eigenvalue weighted by molar-refractivity contribution is 0.454. The van der Waals surface area contributed by atoms with E-state index in [0.717, 1.165) is 31.2 Å². The smallest absolute Gasteiger partial charge is 0.211 e. The summed E-state index contributed by atoms with van der Waals surface area (Å²) < 4.78 is 13.6. The fraction of sp³-hybridized carbons (Fsp3) is 0.417. The fourth-order valence-corrected chi connectivity index (χ4v) is 2.68. The monoisotopic (exact) mass is 283 g/mol. The fourth-order valence-electron chi connectivity index (χ4n) is 2.30. The zero-order valence-corrected chi connectivity index (χ0v) is 10.3. The molecule has 0 aliphatic heterocycles. The van der Waals surface area contributed by atoms with Gasteiger partial charge in [0.2, 0.25) is 6.08 Å². The molecule has 2 nitrogen and oxygen atoms in total. The Kier molecular flexibility index (Phi) is 3.22. The summed E-state index contributed by atoms with van der Waals surface area (Å²) in [5.41, 5.74) is 0.416. The van der Waals surface area contributed by atoms with E-state index in [2.05, 4.69) is 20.9 Å². The number of hydrogen-bond donors (Lipinski definition) is 0. The molecule has 0 amide bonds. The molecule has 0 bridgehead atoms. The summed E-state index contributed by atoms with van der Waals surface area (Å²) in [6, 6.07) is 4.81. The summed E-state index contributed by atoms with van der Waals surface area (Å²) in [4.78, 5) is 14.5. The Morgan fingerprint density at radius 3 is 2.62 bits per heavy atom. The Bertz CT molecular complexity index is 448. The van der Waals surface area contributed by atoms with Crippen LogP contribution in [0.25, 0.3) is 0 Å². The van der Waals surface area contributed by atoms with Crippen molar-refractivity contribution in [1.82, 2.24) is 0 Å².